The van der Waals surface area contributed by atoms with E-state index >= 15 is 0 Å². The first kappa shape index (κ1) is 17.4. The third-order valence-electron chi connectivity index (χ3n) is 2.20. The molecule has 0 rings (SSSR count). The van der Waals surface area contributed by atoms with Gasteiger partial charge in [-0.25, -0.2) is 0 Å². The molecule has 0 amide bonds. The van der Waals surface area contributed by atoms with Gasteiger partial charge < -0.3 is 0 Å². The molecule has 0 aliphatic rings. The van der Waals surface area contributed by atoms with Crippen LogP contribution in [0.25, 0.3) is 0 Å². The van der Waals surface area contributed by atoms with E-state index in [2.05, 4.69) is 0 Å². The summed E-state index contributed by atoms with van der Waals surface area (Å²) >= 11 is 0. The summed E-state index contributed by atoms with van der Waals surface area (Å²) < 4.78 is 96.9. The van der Waals surface area contributed by atoms with Crippen molar-refractivity contribution in [2.45, 2.75) is 37.5 Å². The van der Waals surface area contributed by atoms with Gasteiger partial charge in [-0.3, -0.25) is 0 Å². The minimum absolute atomic E-state index is 0.825. The Morgan fingerprint density at radius 1 is 0.737 bits per heavy atom. The van der Waals surface area contributed by atoms with E-state index in [4.69, 9.17) is 10.5 Å². The van der Waals surface area contributed by atoms with Crippen molar-refractivity contribution in [2.75, 3.05) is 0 Å². The number of nitrogens with zero attached hydrogens (tertiary/aromatic N) is 2. The average Bonchev–Trinajstić information content (AvgIpc) is 2.21. The van der Waals surface area contributed by atoms with E-state index in [9.17, 15) is 35.1 Å². The smallest absolute Gasteiger partial charge is 0.197 e. The van der Waals surface area contributed by atoms with Crippen molar-refractivity contribution in [3.63, 3.8) is 0 Å². The van der Waals surface area contributed by atoms with Crippen molar-refractivity contribution >= 4 is 0 Å². The van der Waals surface area contributed by atoms with E-state index in [1.807, 2.05) is 0 Å². The van der Waals surface area contributed by atoms with Crippen LogP contribution in [0.2, 0.25) is 0 Å². The van der Waals surface area contributed by atoms with Gasteiger partial charge in [0.25, 0.3) is 0 Å². The number of nitriles is 2. The molecule has 0 aliphatic carbocycles. The average molecular weight is 294 g/mol. The first-order chi connectivity index (χ1) is 8.29. The van der Waals surface area contributed by atoms with Gasteiger partial charge in [0.15, 0.2) is 0 Å². The molecule has 10 heteroatoms. The summed E-state index contributed by atoms with van der Waals surface area (Å²) in [6, 6.07) is 1.65. The van der Waals surface area contributed by atoms with E-state index in [1.54, 1.807) is 0 Å². The SMILES string of the molecule is N#CC(C#N)(CCC(F)(F)F)CC(F)(F)C(F)(F)F. The van der Waals surface area contributed by atoms with Crippen LogP contribution in [0.1, 0.15) is 19.3 Å². The second-order valence-corrected chi connectivity index (χ2v) is 3.80. The van der Waals surface area contributed by atoms with Gasteiger partial charge in [0.1, 0.15) is 5.41 Å². The van der Waals surface area contributed by atoms with E-state index in [0.29, 0.717) is 0 Å². The molecule has 0 radical (unpaired) electrons. The highest BCUT2D eigenvalue weighted by Gasteiger charge is 2.61. The number of alkyl halides is 8. The molecule has 0 aromatic rings. The molecule has 0 spiro atoms. The predicted octanol–water partition coefficient (Wildman–Crippen LogP) is 3.95. The molecule has 19 heavy (non-hydrogen) atoms. The Kier molecular flexibility index (Phi) is 4.76. The van der Waals surface area contributed by atoms with Crippen molar-refractivity contribution < 1.29 is 35.1 Å². The number of halogens is 8. The molecule has 0 bridgehead atoms. The summed E-state index contributed by atoms with van der Waals surface area (Å²) in [6.45, 7) is 0. The lowest BCUT2D eigenvalue weighted by Gasteiger charge is -2.26. The zero-order valence-corrected chi connectivity index (χ0v) is 9.04. The molecule has 0 aliphatic heterocycles. The lowest BCUT2D eigenvalue weighted by atomic mass is 9.80. The molecule has 2 nitrogen and oxygen atoms in total. The molecule has 0 N–H and O–H groups in total. The Bertz CT molecular complexity index is 380. The molecular weight excluding hydrogens is 288 g/mol. The number of rotatable bonds is 4. The Morgan fingerprint density at radius 3 is 1.42 bits per heavy atom. The summed E-state index contributed by atoms with van der Waals surface area (Å²) in [5.41, 5.74) is -3.05. The van der Waals surface area contributed by atoms with E-state index < -0.39 is 43.0 Å². The highest BCUT2D eigenvalue weighted by molar-refractivity contribution is 5.15. The maximum atomic E-state index is 12.7. The van der Waals surface area contributed by atoms with Crippen molar-refractivity contribution in [1.29, 1.82) is 10.5 Å². The molecule has 0 saturated carbocycles. The van der Waals surface area contributed by atoms with Crippen molar-refractivity contribution in [1.82, 2.24) is 0 Å². The summed E-state index contributed by atoms with van der Waals surface area (Å²) in [5, 5.41) is 16.9. The molecule has 0 saturated heterocycles. The van der Waals surface area contributed by atoms with Crippen LogP contribution >= 0.6 is 0 Å². The van der Waals surface area contributed by atoms with Gasteiger partial charge in [-0.1, -0.05) is 0 Å². The Labute approximate surface area is 102 Å². The van der Waals surface area contributed by atoms with Gasteiger partial charge >= 0.3 is 18.3 Å². The first-order valence-electron chi connectivity index (χ1n) is 4.62. The van der Waals surface area contributed by atoms with E-state index in [-0.39, 0.29) is 0 Å². The monoisotopic (exact) mass is 294 g/mol. The maximum absolute atomic E-state index is 12.7. The largest absolute Gasteiger partial charge is 0.453 e. The van der Waals surface area contributed by atoms with Gasteiger partial charge in [-0.2, -0.15) is 45.6 Å². The number of hydrogen-bond donors (Lipinski definition) is 0. The highest BCUT2D eigenvalue weighted by Crippen LogP contribution is 2.45. The first-order valence-corrected chi connectivity index (χ1v) is 4.62. The fourth-order valence-electron chi connectivity index (χ4n) is 1.14. The Morgan fingerprint density at radius 2 is 1.16 bits per heavy atom. The van der Waals surface area contributed by atoms with Crippen LogP contribution in [0.3, 0.4) is 0 Å². The van der Waals surface area contributed by atoms with Crippen LogP contribution in [-0.2, 0) is 0 Å². The standard InChI is InChI=1S/C9H6F8N2/c10-7(11,9(15,16)17)3-6(4-18,5-19)1-2-8(12,13)14/h1-3H2. The minimum atomic E-state index is -6.04. The Hall–Kier alpha value is -1.58. The van der Waals surface area contributed by atoms with Crippen LogP contribution in [0.4, 0.5) is 35.1 Å². The highest BCUT2D eigenvalue weighted by atomic mass is 19.4. The fourth-order valence-corrected chi connectivity index (χ4v) is 1.14. The zero-order chi connectivity index (χ0) is 15.5. The van der Waals surface area contributed by atoms with Gasteiger partial charge in [0, 0.05) is 6.42 Å². The van der Waals surface area contributed by atoms with Crippen LogP contribution in [0, 0.1) is 28.1 Å². The second-order valence-electron chi connectivity index (χ2n) is 3.80. The van der Waals surface area contributed by atoms with E-state index in [1.165, 1.54) is 0 Å². The summed E-state index contributed by atoms with van der Waals surface area (Å²) in [4.78, 5) is 0. The molecule has 0 unspecified atom stereocenters. The predicted molar refractivity (Wildman–Crippen MR) is 44.6 cm³/mol. The van der Waals surface area contributed by atoms with Gasteiger partial charge in [0.2, 0.25) is 0 Å². The fraction of sp³-hybridized carbons (Fsp3) is 0.778. The van der Waals surface area contributed by atoms with Crippen LogP contribution in [-0.4, -0.2) is 18.3 Å². The van der Waals surface area contributed by atoms with Gasteiger partial charge in [0.05, 0.1) is 18.6 Å². The normalized spacial score (nSPS) is 13.8. The second kappa shape index (κ2) is 5.19. The summed E-state index contributed by atoms with van der Waals surface area (Å²) in [5.74, 6) is -5.41. The molecule has 0 aromatic heterocycles. The van der Waals surface area contributed by atoms with Gasteiger partial charge in [-0.05, 0) is 6.42 Å². The molecule has 0 atom stereocenters. The maximum Gasteiger partial charge on any atom is 0.453 e. The van der Waals surface area contributed by atoms with Crippen molar-refractivity contribution in [3.8, 4) is 12.1 Å². The molecule has 0 fully saturated rings. The Balaban J connectivity index is 5.15. The van der Waals surface area contributed by atoms with Crippen LogP contribution < -0.4 is 0 Å². The van der Waals surface area contributed by atoms with Crippen LogP contribution in [0.5, 0.6) is 0 Å². The summed E-state index contributed by atoms with van der Waals surface area (Å²) in [7, 11) is 0. The molecule has 108 valence electrons. The van der Waals surface area contributed by atoms with E-state index in [0.717, 1.165) is 12.1 Å². The van der Waals surface area contributed by atoms with Crippen LogP contribution in [0.15, 0.2) is 0 Å². The molecule has 0 aromatic carbocycles. The lowest BCUT2D eigenvalue weighted by molar-refractivity contribution is -0.289. The topological polar surface area (TPSA) is 47.6 Å². The van der Waals surface area contributed by atoms with Gasteiger partial charge in [-0.15, -0.1) is 0 Å². The zero-order valence-electron chi connectivity index (χ0n) is 9.04. The molecule has 0 heterocycles. The quantitative estimate of drug-likeness (QED) is 0.737. The van der Waals surface area contributed by atoms with Crippen molar-refractivity contribution in [2.24, 2.45) is 5.41 Å². The molecular formula is C9H6F8N2. The van der Waals surface area contributed by atoms with Crippen molar-refractivity contribution in [3.05, 3.63) is 0 Å². The third-order valence-corrected chi connectivity index (χ3v) is 2.20. The minimum Gasteiger partial charge on any atom is -0.197 e. The summed E-state index contributed by atoms with van der Waals surface area (Å²) in [6.07, 6.45) is -16.5. The number of hydrogen-bond acceptors (Lipinski definition) is 2. The lowest BCUT2D eigenvalue weighted by Crippen LogP contribution is -2.41. The third kappa shape index (κ3) is 4.89.